The molecule has 0 saturated carbocycles. The molecule has 554 valence electrons. The van der Waals surface area contributed by atoms with Gasteiger partial charge >= 0.3 is 0 Å². The summed E-state index contributed by atoms with van der Waals surface area (Å²) in [6, 6.07) is 29.5. The summed E-state index contributed by atoms with van der Waals surface area (Å²) in [7, 11) is 10.4. The number of methoxy groups -OCH3 is 7. The van der Waals surface area contributed by atoms with Crippen LogP contribution in [0.15, 0.2) is 121 Å². The molecule has 2 aromatic heterocycles. The Kier molecular flexibility index (Phi) is 28.6. The molecule has 0 bridgehead atoms. The number of nitrogens with one attached hydrogen (secondary N) is 2. The molecule has 0 spiro atoms. The molecule has 2 amide bonds. The molecule has 34 nitrogen and oxygen atoms in total. The van der Waals surface area contributed by atoms with Crippen LogP contribution in [-0.2, 0) is 0 Å². The third-order valence-electron chi connectivity index (χ3n) is 15.1. The van der Waals surface area contributed by atoms with E-state index < -0.39 is 48.9 Å². The molecule has 8 aromatic carbocycles. The molecule has 37 heteroatoms. The number of nitro benzene ring substituents is 4. The smallest absolute Gasteiger partial charge is 0.283 e. The van der Waals surface area contributed by atoms with E-state index in [1.807, 2.05) is 32.9 Å². The number of halogens is 1. The normalized spacial score (nSPS) is 10.2. The number of Topliss-reactive ketones (excluding diaryl/α,β-unsaturated/α-hetero) is 1. The topological polar surface area (TPSA) is 488 Å². The minimum Gasteiger partial charge on any atom is -0.504 e. The van der Waals surface area contributed by atoms with Gasteiger partial charge in [-0.3, -0.25) is 65.1 Å². The molecule has 10 rings (SSSR count). The Labute approximate surface area is 614 Å². The molecule has 0 radical (unpaired) electrons. The number of carbonyl (C=O) groups is 4. The molecule has 106 heavy (non-hydrogen) atoms. The van der Waals surface area contributed by atoms with Crippen molar-refractivity contribution in [3.8, 4) is 106 Å². The quantitative estimate of drug-likeness (QED) is 0.00668. The average Bonchev–Trinajstić information content (AvgIpc) is 1.69. The van der Waals surface area contributed by atoms with E-state index in [1.165, 1.54) is 94.4 Å². The summed E-state index contributed by atoms with van der Waals surface area (Å²) >= 11 is 7.52. The number of carbonyl (C=O) groups excluding carboxylic acids is 4. The van der Waals surface area contributed by atoms with Crippen molar-refractivity contribution in [2.75, 3.05) is 56.3 Å². The molecular formula is C69H66ClN11O23S2. The first-order valence-electron chi connectivity index (χ1n) is 30.2. The number of aryl methyl sites for hydroxylation is 5. The number of nitrogens with zero attached hydrogens (tertiary/aromatic N) is 8. The Morgan fingerprint density at radius 2 is 0.811 bits per heavy atom. The summed E-state index contributed by atoms with van der Waals surface area (Å²) in [5.41, 5.74) is 7.07. The van der Waals surface area contributed by atoms with E-state index in [9.17, 15) is 80.1 Å². The number of rotatable bonds is 21. The van der Waals surface area contributed by atoms with Gasteiger partial charge in [0.15, 0.2) is 61.8 Å². The Bertz CT molecular complexity index is 5000. The number of aromatic hydroxyl groups is 4. The predicted octanol–water partition coefficient (Wildman–Crippen LogP) is 12.5. The van der Waals surface area contributed by atoms with Crippen LogP contribution < -0.4 is 49.7 Å². The summed E-state index contributed by atoms with van der Waals surface area (Å²) in [6.45, 7) is 8.60. The van der Waals surface area contributed by atoms with Crippen LogP contribution in [0.3, 0.4) is 0 Å². The molecule has 10 aromatic rings. The van der Waals surface area contributed by atoms with Crippen LogP contribution in [0.4, 0.5) is 22.7 Å². The fraction of sp³-hybridized carbons (Fsp3) is 0.188. The Balaban J connectivity index is 0.000000213. The van der Waals surface area contributed by atoms with Crippen LogP contribution in [0.25, 0.3) is 42.3 Å². The number of phenolic OH excluding ortho intramolecular Hbond substituents is 4. The highest BCUT2D eigenvalue weighted by atomic mass is 35.5. The number of hydrazine groups is 1. The number of phenols is 4. The average molecular weight is 1520 g/mol. The molecule has 0 aliphatic heterocycles. The number of aromatic nitrogens is 4. The van der Waals surface area contributed by atoms with E-state index in [4.69, 9.17) is 50.6 Å². The van der Waals surface area contributed by atoms with Gasteiger partial charge in [0.1, 0.15) is 38.4 Å². The first-order valence-corrected chi connectivity index (χ1v) is 32.2. The van der Waals surface area contributed by atoms with E-state index >= 15 is 0 Å². The van der Waals surface area contributed by atoms with E-state index in [0.717, 1.165) is 45.7 Å². The van der Waals surface area contributed by atoms with Crippen molar-refractivity contribution in [1.82, 2.24) is 31.1 Å². The van der Waals surface area contributed by atoms with Gasteiger partial charge < -0.3 is 58.9 Å². The molecule has 8 N–H and O–H groups in total. The lowest BCUT2D eigenvalue weighted by atomic mass is 10.0. The third-order valence-corrected chi connectivity index (χ3v) is 17.3. The number of hydrogen-bond acceptors (Lipinski definition) is 30. The summed E-state index contributed by atoms with van der Waals surface area (Å²) in [4.78, 5) is 88.9. The fourth-order valence-corrected chi connectivity index (χ4v) is 11.3. The van der Waals surface area contributed by atoms with Gasteiger partial charge in [-0.25, -0.2) is 5.84 Å². The van der Waals surface area contributed by atoms with Gasteiger partial charge in [0.05, 0.1) is 93.2 Å². The van der Waals surface area contributed by atoms with Gasteiger partial charge in [-0.15, -0.1) is 20.4 Å². The van der Waals surface area contributed by atoms with Gasteiger partial charge in [0.2, 0.25) is 0 Å². The minimum absolute atomic E-state index is 0.00190. The van der Waals surface area contributed by atoms with Crippen molar-refractivity contribution >= 4 is 79.9 Å². The Hall–Kier alpha value is -13.2. The number of nitrogen functional groups attached to an aromatic ring is 1. The lowest BCUT2D eigenvalue weighted by Gasteiger charge is -2.11. The molecule has 0 aliphatic rings. The number of nitro groups is 4. The van der Waals surface area contributed by atoms with Gasteiger partial charge in [-0.2, -0.15) is 0 Å². The van der Waals surface area contributed by atoms with Gasteiger partial charge in [0.25, 0.3) is 39.8 Å². The summed E-state index contributed by atoms with van der Waals surface area (Å²) < 4.78 is 35.9. The number of benzene rings is 8. The van der Waals surface area contributed by atoms with Crippen LogP contribution in [0.1, 0.15) is 69.2 Å². The van der Waals surface area contributed by atoms with Crippen LogP contribution in [0.5, 0.6) is 63.2 Å². The fourth-order valence-electron chi connectivity index (χ4n) is 9.37. The van der Waals surface area contributed by atoms with E-state index in [-0.39, 0.29) is 67.6 Å². The first-order chi connectivity index (χ1) is 50.3. The first kappa shape index (κ1) is 81.8. The number of ether oxygens (including phenoxy) is 7. The zero-order chi connectivity index (χ0) is 78.5. The van der Waals surface area contributed by atoms with Crippen LogP contribution in [-0.4, -0.2) is 140 Å². The molecular weight excluding hydrogens is 1450 g/mol. The van der Waals surface area contributed by atoms with E-state index in [2.05, 4.69) is 31.1 Å². The van der Waals surface area contributed by atoms with Gasteiger partial charge in [-0.05, 0) is 153 Å². The Morgan fingerprint density at radius 3 is 1.31 bits per heavy atom. The lowest BCUT2D eigenvalue weighted by molar-refractivity contribution is -0.385. The third kappa shape index (κ3) is 20.3. The number of nitrogens with two attached hydrogens (primary N) is 1. The Morgan fingerprint density at radius 1 is 0.415 bits per heavy atom. The van der Waals surface area contributed by atoms with Crippen molar-refractivity contribution in [2.24, 2.45) is 5.84 Å². The summed E-state index contributed by atoms with van der Waals surface area (Å²) in [6.07, 6.45) is 0. The molecule has 0 fully saturated rings. The number of amides is 2. The van der Waals surface area contributed by atoms with Gasteiger partial charge in [0, 0.05) is 52.6 Å². The molecule has 0 atom stereocenters. The SMILES string of the molecule is COc1cc(C(=O)Cl)c([N+](=O)[O-])cc1C.COc1cc(C(=O)NCC(=O)c2ccc(OC)c(OC)c2)c([N+](=O)[O-])cc1C.COc1cc(C(=O)NN)ccc1C.COc1ccc(-c2nnc(-c3cc(C)c(C)cc3[N+](=O)[O-])s2)cc1OC.O=[N+]([O-])c1cc(O)c(O)cc1-c1nnc(-c2ccc(O)c(O)c2)s1. The zero-order valence-electron chi connectivity index (χ0n) is 58.1. The molecule has 0 unspecified atom stereocenters. The van der Waals surface area contributed by atoms with Crippen molar-refractivity contribution in [2.45, 2.75) is 34.6 Å². The largest absolute Gasteiger partial charge is 0.504 e. The maximum atomic E-state index is 12.4. The second-order valence-corrected chi connectivity index (χ2v) is 24.0. The number of ketones is 1. The van der Waals surface area contributed by atoms with Crippen LogP contribution >= 0.6 is 34.3 Å². The van der Waals surface area contributed by atoms with E-state index in [0.29, 0.717) is 88.7 Å². The van der Waals surface area contributed by atoms with Crippen molar-refractivity contribution in [3.63, 3.8) is 0 Å². The number of hydrogen-bond donors (Lipinski definition) is 7. The highest BCUT2D eigenvalue weighted by Gasteiger charge is 2.27. The molecule has 0 aliphatic carbocycles. The monoisotopic (exact) mass is 1520 g/mol. The minimum atomic E-state index is -0.875. The molecule has 0 saturated heterocycles. The standard InChI is InChI=1S/C19H20N2O7.C18H17N3O4S.C14H9N3O6S.C9H8ClNO4.C9H12N2O2/c1-11-7-14(21(24)25)13(9-17(11)27-3)19(23)20-10-15(22)12-5-6-16(26-2)18(8-12)28-4;1-10-7-13(14(21(22)23)8-11(10)2)18-20-19-17(26-18)12-5-6-15(24-3)16(9-12)25-4;18-9-2-1-6(3-10(9)19)13-15-16-14(24-13)7-4-11(20)12(21)5-8(7)17(22)23;1-5-3-7(11(13)14)6(9(10)12)4-8(5)15-2;1-6-3-4-7(9(12)11-10)5-8(6)13-2/h5-9H,10H2,1-4H3,(H,20,23);5-9H,1-4H3;1-5,18-21H;3-4H,1-2H3;3-5H,10H2,1-2H3,(H,11,12). The van der Waals surface area contributed by atoms with Gasteiger partial charge in [-0.1, -0.05) is 28.7 Å². The second kappa shape index (κ2) is 37.1. The second-order valence-electron chi connectivity index (χ2n) is 21.7. The van der Waals surface area contributed by atoms with Crippen molar-refractivity contribution in [1.29, 1.82) is 0 Å². The maximum absolute atomic E-state index is 12.4. The highest BCUT2D eigenvalue weighted by molar-refractivity contribution is 7.18. The van der Waals surface area contributed by atoms with E-state index in [1.54, 1.807) is 77.6 Å². The zero-order valence-corrected chi connectivity index (χ0v) is 60.5. The maximum Gasteiger partial charge on any atom is 0.283 e. The summed E-state index contributed by atoms with van der Waals surface area (Å²) in [5, 5.41) is 102. The molecule has 2 heterocycles. The van der Waals surface area contributed by atoms with Crippen molar-refractivity contribution < 1.29 is 92.5 Å². The summed E-state index contributed by atoms with van der Waals surface area (Å²) in [5.74, 6) is 5.22. The van der Waals surface area contributed by atoms with Crippen LogP contribution in [0, 0.1) is 75.1 Å². The van der Waals surface area contributed by atoms with Crippen molar-refractivity contribution in [3.05, 3.63) is 212 Å². The predicted molar refractivity (Wildman–Crippen MR) is 389 cm³/mol. The lowest BCUT2D eigenvalue weighted by Crippen LogP contribution is -2.30. The van der Waals surface area contributed by atoms with Crippen LogP contribution in [0.2, 0.25) is 0 Å². The highest BCUT2D eigenvalue weighted by Crippen LogP contribution is 2.43.